The lowest BCUT2D eigenvalue weighted by Gasteiger charge is -2.07. The zero-order valence-corrected chi connectivity index (χ0v) is 13.5. The van der Waals surface area contributed by atoms with Gasteiger partial charge in [0.2, 0.25) is 0 Å². The van der Waals surface area contributed by atoms with E-state index >= 15 is 0 Å². The molecule has 0 spiro atoms. The van der Waals surface area contributed by atoms with Gasteiger partial charge >= 0.3 is 5.97 Å². The van der Waals surface area contributed by atoms with Crippen LogP contribution in [0.5, 0.6) is 5.75 Å². The molecule has 2 aromatic heterocycles. The number of ether oxygens (including phenoxy) is 1. The van der Waals surface area contributed by atoms with Crippen molar-refractivity contribution in [1.82, 2.24) is 9.78 Å². The molecule has 0 saturated heterocycles. The van der Waals surface area contributed by atoms with Crippen LogP contribution in [0.4, 0.5) is 5.82 Å². The Morgan fingerprint density at radius 3 is 2.72 bits per heavy atom. The Hall–Kier alpha value is -3.55. The number of hydrogen-bond acceptors (Lipinski definition) is 5. The summed E-state index contributed by atoms with van der Waals surface area (Å²) in [4.78, 5) is 23.6. The van der Waals surface area contributed by atoms with Crippen LogP contribution in [-0.4, -0.2) is 33.9 Å². The second-order valence-electron chi connectivity index (χ2n) is 5.19. The van der Waals surface area contributed by atoms with E-state index < -0.39 is 11.9 Å². The largest absolute Gasteiger partial charge is 0.496 e. The number of rotatable bonds is 5. The fourth-order valence-electron chi connectivity index (χ4n) is 2.39. The van der Waals surface area contributed by atoms with E-state index in [1.807, 2.05) is 0 Å². The van der Waals surface area contributed by atoms with Gasteiger partial charge in [-0.15, -0.1) is 0 Å². The van der Waals surface area contributed by atoms with Crippen LogP contribution < -0.4 is 10.1 Å². The Morgan fingerprint density at radius 1 is 1.28 bits per heavy atom. The van der Waals surface area contributed by atoms with Crippen LogP contribution >= 0.6 is 0 Å². The molecule has 25 heavy (non-hydrogen) atoms. The molecule has 8 heteroatoms. The number of methoxy groups -OCH3 is 1. The molecule has 1 aromatic carbocycles. The number of hydrogen-bond donors (Lipinski definition) is 2. The monoisotopic (exact) mass is 341 g/mol. The first-order valence-electron chi connectivity index (χ1n) is 7.30. The number of aryl methyl sites for hydroxylation is 1. The minimum absolute atomic E-state index is 0.0903. The predicted molar refractivity (Wildman–Crippen MR) is 88.8 cm³/mol. The average Bonchev–Trinajstić information content (AvgIpc) is 3.23. The van der Waals surface area contributed by atoms with Gasteiger partial charge in [0.05, 0.1) is 13.4 Å². The number of benzene rings is 1. The molecule has 0 atom stereocenters. The summed E-state index contributed by atoms with van der Waals surface area (Å²) in [6.07, 6.45) is 1.55. The normalized spacial score (nSPS) is 10.5. The number of amides is 1. The Kier molecular flexibility index (Phi) is 4.25. The quantitative estimate of drug-likeness (QED) is 0.739. The summed E-state index contributed by atoms with van der Waals surface area (Å²) in [6.45, 7) is 0. The molecule has 0 bridgehead atoms. The maximum atomic E-state index is 12.4. The zero-order valence-electron chi connectivity index (χ0n) is 13.5. The zero-order chi connectivity index (χ0) is 18.0. The van der Waals surface area contributed by atoms with Crippen molar-refractivity contribution in [2.45, 2.75) is 0 Å². The highest BCUT2D eigenvalue weighted by Gasteiger charge is 2.17. The molecule has 0 aliphatic carbocycles. The maximum Gasteiger partial charge on any atom is 0.339 e. The molecule has 2 N–H and O–H groups in total. The highest BCUT2D eigenvalue weighted by atomic mass is 16.5. The number of carboxylic acid groups (broad SMARTS) is 1. The summed E-state index contributed by atoms with van der Waals surface area (Å²) in [7, 11) is 3.09. The third-order valence-electron chi connectivity index (χ3n) is 3.59. The van der Waals surface area contributed by atoms with Gasteiger partial charge in [-0.2, -0.15) is 5.10 Å². The fourth-order valence-corrected chi connectivity index (χ4v) is 2.39. The van der Waals surface area contributed by atoms with E-state index in [4.69, 9.17) is 9.15 Å². The lowest BCUT2D eigenvalue weighted by atomic mass is 10.1. The SMILES string of the molecule is COc1ccc(C(=O)Nc2cc(-c3ccco3)n(C)n2)cc1C(=O)O. The average molecular weight is 341 g/mol. The van der Waals surface area contributed by atoms with Gasteiger partial charge in [0.25, 0.3) is 5.91 Å². The molecule has 0 saturated carbocycles. The van der Waals surface area contributed by atoms with Crippen LogP contribution in [0.3, 0.4) is 0 Å². The molecule has 0 unspecified atom stereocenters. The number of nitrogens with one attached hydrogen (secondary N) is 1. The van der Waals surface area contributed by atoms with Gasteiger partial charge in [0.15, 0.2) is 11.6 Å². The van der Waals surface area contributed by atoms with Crippen molar-refractivity contribution in [1.29, 1.82) is 0 Å². The molecule has 3 rings (SSSR count). The van der Waals surface area contributed by atoms with Crippen molar-refractivity contribution in [3.05, 3.63) is 53.8 Å². The van der Waals surface area contributed by atoms with Gasteiger partial charge in [-0.25, -0.2) is 4.79 Å². The first kappa shape index (κ1) is 16.3. The molecule has 1 amide bonds. The number of carbonyl (C=O) groups is 2. The number of carboxylic acids is 1. The van der Waals surface area contributed by atoms with Gasteiger partial charge in [0.1, 0.15) is 17.0 Å². The van der Waals surface area contributed by atoms with Crippen molar-refractivity contribution in [3.63, 3.8) is 0 Å². The highest BCUT2D eigenvalue weighted by Crippen LogP contribution is 2.24. The molecule has 0 fully saturated rings. The Balaban J connectivity index is 1.85. The van der Waals surface area contributed by atoms with E-state index in [1.54, 1.807) is 36.2 Å². The molecule has 128 valence electrons. The topological polar surface area (TPSA) is 107 Å². The Morgan fingerprint density at radius 2 is 2.08 bits per heavy atom. The minimum Gasteiger partial charge on any atom is -0.496 e. The van der Waals surface area contributed by atoms with Gasteiger partial charge in [0, 0.05) is 18.7 Å². The molecular weight excluding hydrogens is 326 g/mol. The van der Waals surface area contributed by atoms with Gasteiger partial charge in [-0.3, -0.25) is 9.48 Å². The molecule has 0 aliphatic heterocycles. The van der Waals surface area contributed by atoms with Crippen LogP contribution in [-0.2, 0) is 7.05 Å². The minimum atomic E-state index is -1.18. The first-order chi connectivity index (χ1) is 12.0. The summed E-state index contributed by atoms with van der Waals surface area (Å²) in [5.74, 6) is -0.527. The number of nitrogens with zero attached hydrogens (tertiary/aromatic N) is 2. The van der Waals surface area contributed by atoms with E-state index in [9.17, 15) is 14.7 Å². The van der Waals surface area contributed by atoms with Crippen LogP contribution in [0, 0.1) is 0 Å². The Labute approximate surface area is 142 Å². The summed E-state index contributed by atoms with van der Waals surface area (Å²) in [5.41, 5.74) is 0.789. The Bertz CT molecular complexity index is 928. The summed E-state index contributed by atoms with van der Waals surface area (Å²) in [5, 5.41) is 16.0. The highest BCUT2D eigenvalue weighted by molar-refractivity contribution is 6.05. The van der Waals surface area contributed by atoms with E-state index in [2.05, 4.69) is 10.4 Å². The van der Waals surface area contributed by atoms with Crippen molar-refractivity contribution in [2.75, 3.05) is 12.4 Å². The van der Waals surface area contributed by atoms with Crippen molar-refractivity contribution >= 4 is 17.7 Å². The van der Waals surface area contributed by atoms with Crippen molar-refractivity contribution < 1.29 is 23.8 Å². The number of aromatic nitrogens is 2. The number of anilines is 1. The molecule has 2 heterocycles. The van der Waals surface area contributed by atoms with E-state index in [1.165, 1.54) is 25.3 Å². The summed E-state index contributed by atoms with van der Waals surface area (Å²) < 4.78 is 11.9. The lowest BCUT2D eigenvalue weighted by Crippen LogP contribution is -2.14. The third-order valence-corrected chi connectivity index (χ3v) is 3.59. The summed E-state index contributed by atoms with van der Waals surface area (Å²) >= 11 is 0. The standard InChI is InChI=1S/C17H15N3O5/c1-20-12(14-4-3-7-25-14)9-15(19-20)18-16(21)10-5-6-13(24-2)11(8-10)17(22)23/h3-9H,1-2H3,(H,22,23)(H,18,19,21). The van der Waals surface area contributed by atoms with E-state index in [0.29, 0.717) is 17.3 Å². The molecule has 3 aromatic rings. The smallest absolute Gasteiger partial charge is 0.339 e. The van der Waals surface area contributed by atoms with Gasteiger partial charge in [-0.05, 0) is 30.3 Å². The van der Waals surface area contributed by atoms with E-state index in [0.717, 1.165) is 0 Å². The van der Waals surface area contributed by atoms with Gasteiger partial charge < -0.3 is 19.6 Å². The third kappa shape index (κ3) is 3.23. The van der Waals surface area contributed by atoms with Crippen molar-refractivity contribution in [2.24, 2.45) is 7.05 Å². The molecule has 8 nitrogen and oxygen atoms in total. The second-order valence-corrected chi connectivity index (χ2v) is 5.19. The number of furan rings is 1. The van der Waals surface area contributed by atoms with Gasteiger partial charge in [-0.1, -0.05) is 0 Å². The predicted octanol–water partition coefficient (Wildman–Crippen LogP) is 2.64. The number of carbonyl (C=O) groups excluding carboxylic acids is 1. The van der Waals surface area contributed by atoms with Crippen molar-refractivity contribution in [3.8, 4) is 17.2 Å². The van der Waals surface area contributed by atoms with Crippen LogP contribution in [0.25, 0.3) is 11.5 Å². The molecular formula is C17H15N3O5. The number of aromatic carboxylic acids is 1. The summed E-state index contributed by atoms with van der Waals surface area (Å²) in [6, 6.07) is 9.38. The second kappa shape index (κ2) is 6.52. The molecule has 0 aliphatic rings. The maximum absolute atomic E-state index is 12.4. The fraction of sp³-hybridized carbons (Fsp3) is 0.118. The lowest BCUT2D eigenvalue weighted by molar-refractivity contribution is 0.0693. The van der Waals surface area contributed by atoms with E-state index in [-0.39, 0.29) is 16.9 Å². The molecule has 0 radical (unpaired) electrons. The first-order valence-corrected chi connectivity index (χ1v) is 7.30. The van der Waals surface area contributed by atoms with Crippen LogP contribution in [0.2, 0.25) is 0 Å². The van der Waals surface area contributed by atoms with Crippen LogP contribution in [0.15, 0.2) is 47.1 Å². The van der Waals surface area contributed by atoms with Crippen LogP contribution in [0.1, 0.15) is 20.7 Å².